The van der Waals surface area contributed by atoms with Crippen LogP contribution in [0.15, 0.2) is 6.07 Å². The van der Waals surface area contributed by atoms with Crippen LogP contribution in [0.1, 0.15) is 51.1 Å². The van der Waals surface area contributed by atoms with Crippen LogP contribution in [0, 0.1) is 0 Å². The van der Waals surface area contributed by atoms with E-state index in [9.17, 15) is 4.79 Å². The summed E-state index contributed by atoms with van der Waals surface area (Å²) in [7, 11) is 1.96. The molecular formula is C14H24N4O. The Bertz CT molecular complexity index is 421. The quantitative estimate of drug-likeness (QED) is 0.763. The van der Waals surface area contributed by atoms with Crippen molar-refractivity contribution in [3.05, 3.63) is 11.8 Å². The Balaban J connectivity index is 1.92. The van der Waals surface area contributed by atoms with Gasteiger partial charge < -0.3 is 10.6 Å². The summed E-state index contributed by atoms with van der Waals surface area (Å²) in [6.45, 7) is 2.05. The summed E-state index contributed by atoms with van der Waals surface area (Å²) in [5.41, 5.74) is 1.02. The highest BCUT2D eigenvalue weighted by Gasteiger charge is 2.32. The molecule has 0 atom stereocenters. The first kappa shape index (κ1) is 14.1. The molecule has 1 aromatic heterocycles. The standard InChI is InChI=1S/C14H24N4O/c1-3-11-9-12(18-17-11)16-13(19)10-14(15-2)7-5-4-6-8-14/h9,15H,3-8,10H2,1-2H3,(H2,16,17,18,19). The van der Waals surface area contributed by atoms with Crippen molar-refractivity contribution in [2.45, 2.75) is 57.4 Å². The van der Waals surface area contributed by atoms with Crippen LogP contribution in [0.2, 0.25) is 0 Å². The minimum atomic E-state index is -0.0216. The highest BCUT2D eigenvalue weighted by molar-refractivity contribution is 5.90. The monoisotopic (exact) mass is 264 g/mol. The van der Waals surface area contributed by atoms with Crippen molar-refractivity contribution in [1.29, 1.82) is 0 Å². The molecule has 106 valence electrons. The molecule has 5 nitrogen and oxygen atoms in total. The fraction of sp³-hybridized carbons (Fsp3) is 0.714. The molecule has 0 bridgehead atoms. The van der Waals surface area contributed by atoms with Crippen LogP contribution in [-0.2, 0) is 11.2 Å². The Morgan fingerprint density at radius 1 is 1.42 bits per heavy atom. The van der Waals surface area contributed by atoms with Gasteiger partial charge in [-0.15, -0.1) is 0 Å². The predicted octanol–water partition coefficient (Wildman–Crippen LogP) is 2.22. The number of nitrogens with one attached hydrogen (secondary N) is 3. The Kier molecular flexibility index (Phi) is 4.58. The highest BCUT2D eigenvalue weighted by Crippen LogP contribution is 2.30. The second-order valence-electron chi connectivity index (χ2n) is 5.45. The number of anilines is 1. The zero-order valence-electron chi connectivity index (χ0n) is 11.9. The minimum Gasteiger partial charge on any atom is -0.314 e. The molecule has 1 aliphatic rings. The van der Waals surface area contributed by atoms with E-state index in [1.165, 1.54) is 19.3 Å². The molecule has 1 heterocycles. The van der Waals surface area contributed by atoms with Gasteiger partial charge >= 0.3 is 0 Å². The molecule has 0 spiro atoms. The lowest BCUT2D eigenvalue weighted by atomic mass is 9.79. The average molecular weight is 264 g/mol. The van der Waals surface area contributed by atoms with Gasteiger partial charge in [-0.05, 0) is 26.3 Å². The van der Waals surface area contributed by atoms with Crippen LogP contribution in [0.4, 0.5) is 5.82 Å². The second kappa shape index (κ2) is 6.19. The van der Waals surface area contributed by atoms with Gasteiger partial charge in [0.15, 0.2) is 5.82 Å². The van der Waals surface area contributed by atoms with Crippen LogP contribution < -0.4 is 10.6 Å². The van der Waals surface area contributed by atoms with E-state index < -0.39 is 0 Å². The van der Waals surface area contributed by atoms with Gasteiger partial charge in [0.05, 0.1) is 0 Å². The van der Waals surface area contributed by atoms with Crippen molar-refractivity contribution in [2.24, 2.45) is 0 Å². The summed E-state index contributed by atoms with van der Waals surface area (Å²) < 4.78 is 0. The maximum Gasteiger partial charge on any atom is 0.227 e. The molecule has 2 rings (SSSR count). The zero-order valence-corrected chi connectivity index (χ0v) is 11.9. The lowest BCUT2D eigenvalue weighted by Crippen LogP contribution is -2.47. The van der Waals surface area contributed by atoms with E-state index in [1.807, 2.05) is 13.1 Å². The number of rotatable bonds is 5. The number of nitrogens with zero attached hydrogens (tertiary/aromatic N) is 1. The van der Waals surface area contributed by atoms with Crippen LogP contribution in [0.5, 0.6) is 0 Å². The normalized spacial score (nSPS) is 18.2. The van der Waals surface area contributed by atoms with Gasteiger partial charge in [0.2, 0.25) is 5.91 Å². The summed E-state index contributed by atoms with van der Waals surface area (Å²) in [6, 6.07) is 1.89. The number of aromatic amines is 1. The summed E-state index contributed by atoms with van der Waals surface area (Å²) in [5, 5.41) is 13.2. The Labute approximate surface area is 114 Å². The second-order valence-corrected chi connectivity index (χ2v) is 5.45. The Hall–Kier alpha value is -1.36. The summed E-state index contributed by atoms with van der Waals surface area (Å²) >= 11 is 0. The number of carbonyl (C=O) groups is 1. The van der Waals surface area contributed by atoms with Gasteiger partial charge in [-0.3, -0.25) is 9.89 Å². The molecule has 1 fully saturated rings. The van der Waals surface area contributed by atoms with Gasteiger partial charge in [0.1, 0.15) is 0 Å². The number of H-pyrrole nitrogens is 1. The van der Waals surface area contributed by atoms with Crippen LogP contribution in [-0.4, -0.2) is 28.7 Å². The molecule has 0 radical (unpaired) electrons. The third kappa shape index (κ3) is 3.56. The summed E-state index contributed by atoms with van der Waals surface area (Å²) in [5.74, 6) is 0.675. The van der Waals surface area contributed by atoms with E-state index in [2.05, 4.69) is 27.8 Å². The summed E-state index contributed by atoms with van der Waals surface area (Å²) in [4.78, 5) is 12.1. The van der Waals surface area contributed by atoms with Gasteiger partial charge in [-0.2, -0.15) is 5.10 Å². The Morgan fingerprint density at radius 2 is 2.16 bits per heavy atom. The largest absolute Gasteiger partial charge is 0.314 e. The molecule has 5 heteroatoms. The number of hydrogen-bond acceptors (Lipinski definition) is 3. The Morgan fingerprint density at radius 3 is 2.74 bits per heavy atom. The third-order valence-corrected chi connectivity index (χ3v) is 4.12. The van der Waals surface area contributed by atoms with E-state index in [0.29, 0.717) is 12.2 Å². The SMILES string of the molecule is CCc1cc(NC(=O)CC2(NC)CCCCC2)n[nH]1. The number of hydrogen-bond donors (Lipinski definition) is 3. The van der Waals surface area contributed by atoms with Gasteiger partial charge in [-0.25, -0.2) is 0 Å². The van der Waals surface area contributed by atoms with Crippen molar-refractivity contribution in [1.82, 2.24) is 15.5 Å². The number of aromatic nitrogens is 2. The van der Waals surface area contributed by atoms with E-state index in [1.54, 1.807) is 0 Å². The number of amides is 1. The highest BCUT2D eigenvalue weighted by atomic mass is 16.1. The van der Waals surface area contributed by atoms with Crippen molar-refractivity contribution < 1.29 is 4.79 Å². The van der Waals surface area contributed by atoms with Crippen molar-refractivity contribution in [3.63, 3.8) is 0 Å². The van der Waals surface area contributed by atoms with Crippen molar-refractivity contribution in [2.75, 3.05) is 12.4 Å². The van der Waals surface area contributed by atoms with Gasteiger partial charge in [0, 0.05) is 23.7 Å². The topological polar surface area (TPSA) is 69.8 Å². The number of carbonyl (C=O) groups excluding carboxylic acids is 1. The first-order chi connectivity index (χ1) is 9.17. The molecule has 1 aromatic rings. The minimum absolute atomic E-state index is 0.0216. The van der Waals surface area contributed by atoms with E-state index in [4.69, 9.17) is 0 Å². The third-order valence-electron chi connectivity index (χ3n) is 4.12. The fourth-order valence-corrected chi connectivity index (χ4v) is 2.84. The smallest absolute Gasteiger partial charge is 0.227 e. The average Bonchev–Trinajstić information content (AvgIpc) is 2.87. The summed E-state index contributed by atoms with van der Waals surface area (Å²) in [6.07, 6.45) is 7.27. The maximum absolute atomic E-state index is 12.1. The molecule has 19 heavy (non-hydrogen) atoms. The lowest BCUT2D eigenvalue weighted by Gasteiger charge is -2.36. The van der Waals surface area contributed by atoms with Gasteiger partial charge in [0.25, 0.3) is 0 Å². The zero-order chi connectivity index (χ0) is 13.7. The molecule has 0 aliphatic heterocycles. The van der Waals surface area contributed by atoms with E-state index in [-0.39, 0.29) is 11.4 Å². The van der Waals surface area contributed by atoms with Crippen LogP contribution in [0.3, 0.4) is 0 Å². The van der Waals surface area contributed by atoms with Crippen LogP contribution >= 0.6 is 0 Å². The molecule has 0 aromatic carbocycles. The van der Waals surface area contributed by atoms with Crippen molar-refractivity contribution in [3.8, 4) is 0 Å². The molecule has 1 saturated carbocycles. The van der Waals surface area contributed by atoms with Gasteiger partial charge in [-0.1, -0.05) is 26.2 Å². The molecule has 1 aliphatic carbocycles. The molecular weight excluding hydrogens is 240 g/mol. The molecule has 0 unspecified atom stereocenters. The molecule has 0 saturated heterocycles. The first-order valence-electron chi connectivity index (χ1n) is 7.20. The lowest BCUT2D eigenvalue weighted by molar-refractivity contribution is -0.118. The van der Waals surface area contributed by atoms with E-state index in [0.717, 1.165) is 25.0 Å². The number of aryl methyl sites for hydroxylation is 1. The first-order valence-corrected chi connectivity index (χ1v) is 7.20. The van der Waals surface area contributed by atoms with E-state index >= 15 is 0 Å². The molecule has 1 amide bonds. The van der Waals surface area contributed by atoms with Crippen LogP contribution in [0.25, 0.3) is 0 Å². The van der Waals surface area contributed by atoms with Crippen molar-refractivity contribution >= 4 is 11.7 Å². The predicted molar refractivity (Wildman–Crippen MR) is 76.1 cm³/mol. The molecule has 3 N–H and O–H groups in total. The fourth-order valence-electron chi connectivity index (χ4n) is 2.84. The maximum atomic E-state index is 12.1.